The zero-order valence-corrected chi connectivity index (χ0v) is 16.5. The first-order valence-electron chi connectivity index (χ1n) is 9.28. The molecule has 0 amide bonds. The molecular weight excluding hydrogens is 352 g/mol. The Bertz CT molecular complexity index is 937. The monoisotopic (exact) mass is 378 g/mol. The summed E-state index contributed by atoms with van der Waals surface area (Å²) >= 11 is 0. The normalized spacial score (nSPS) is 12.5. The molecule has 1 unspecified atom stereocenters. The van der Waals surface area contributed by atoms with Gasteiger partial charge in [0.05, 0.1) is 25.9 Å². The van der Waals surface area contributed by atoms with Gasteiger partial charge in [-0.05, 0) is 30.5 Å². The molecule has 0 bridgehead atoms. The van der Waals surface area contributed by atoms with E-state index in [2.05, 4.69) is 32.7 Å². The molecule has 0 aliphatic rings. The van der Waals surface area contributed by atoms with Crippen LogP contribution in [0.2, 0.25) is 0 Å². The average Bonchev–Trinajstić information content (AvgIpc) is 2.74. The van der Waals surface area contributed by atoms with Gasteiger partial charge >= 0.3 is 0 Å². The van der Waals surface area contributed by atoms with E-state index in [-0.39, 0.29) is 6.10 Å². The Morgan fingerprint density at radius 1 is 1.04 bits per heavy atom. The quantitative estimate of drug-likeness (QED) is 0.487. The third kappa shape index (κ3) is 4.91. The minimum Gasteiger partial charge on any atom is -0.493 e. The molecule has 0 aliphatic heterocycles. The van der Waals surface area contributed by atoms with E-state index in [0.717, 1.165) is 22.6 Å². The predicted octanol–water partition coefficient (Wildman–Crippen LogP) is 3.38. The van der Waals surface area contributed by atoms with Crippen molar-refractivity contribution < 1.29 is 9.47 Å². The molecule has 2 aromatic carbocycles. The summed E-state index contributed by atoms with van der Waals surface area (Å²) in [7, 11) is 3.38. The number of aromatic nitrogens is 1. The Morgan fingerprint density at radius 3 is 2.57 bits per heavy atom. The molecule has 6 heteroatoms. The van der Waals surface area contributed by atoms with E-state index in [1.54, 1.807) is 14.2 Å². The summed E-state index contributed by atoms with van der Waals surface area (Å²) in [5.41, 5.74) is 0.986. The number of guanidine groups is 1. The summed E-state index contributed by atoms with van der Waals surface area (Å²) in [4.78, 5) is 8.78. The Kier molecular flexibility index (Phi) is 6.68. The van der Waals surface area contributed by atoms with Crippen molar-refractivity contribution in [3.8, 4) is 11.5 Å². The van der Waals surface area contributed by atoms with Crippen LogP contribution in [-0.2, 0) is 6.54 Å². The fourth-order valence-corrected chi connectivity index (χ4v) is 2.93. The largest absolute Gasteiger partial charge is 0.493 e. The zero-order chi connectivity index (χ0) is 19.8. The van der Waals surface area contributed by atoms with Gasteiger partial charge in [0, 0.05) is 18.6 Å². The first-order valence-corrected chi connectivity index (χ1v) is 9.28. The number of benzene rings is 2. The maximum atomic E-state index is 5.97. The second-order valence-corrected chi connectivity index (χ2v) is 6.36. The van der Waals surface area contributed by atoms with Crippen LogP contribution in [0.3, 0.4) is 0 Å². The highest BCUT2D eigenvalue weighted by Gasteiger charge is 2.10. The van der Waals surface area contributed by atoms with Gasteiger partial charge in [0.15, 0.2) is 17.5 Å². The molecule has 6 nitrogen and oxygen atoms in total. The molecule has 0 radical (unpaired) electrons. The molecule has 0 aliphatic carbocycles. The maximum absolute atomic E-state index is 5.97. The van der Waals surface area contributed by atoms with Crippen molar-refractivity contribution in [2.24, 2.45) is 4.99 Å². The average molecular weight is 378 g/mol. The lowest BCUT2D eigenvalue weighted by atomic mass is 10.1. The number of para-hydroxylation sites is 2. The van der Waals surface area contributed by atoms with E-state index in [4.69, 9.17) is 9.47 Å². The van der Waals surface area contributed by atoms with Crippen molar-refractivity contribution >= 4 is 16.7 Å². The van der Waals surface area contributed by atoms with Crippen LogP contribution in [0.25, 0.3) is 10.8 Å². The van der Waals surface area contributed by atoms with E-state index in [0.29, 0.717) is 19.0 Å². The third-order valence-electron chi connectivity index (χ3n) is 4.36. The Balaban J connectivity index is 1.54. The second-order valence-electron chi connectivity index (χ2n) is 6.36. The van der Waals surface area contributed by atoms with Crippen LogP contribution in [-0.4, -0.2) is 37.7 Å². The number of pyridine rings is 1. The molecule has 146 valence electrons. The van der Waals surface area contributed by atoms with Crippen molar-refractivity contribution in [2.45, 2.75) is 19.6 Å². The second kappa shape index (κ2) is 9.60. The van der Waals surface area contributed by atoms with Gasteiger partial charge in [-0.1, -0.05) is 36.4 Å². The lowest BCUT2D eigenvalue weighted by molar-refractivity contribution is 0.213. The SMILES string of the molecule is CN=C(NCc1nccc2ccccc12)NCC(C)Oc1ccccc1OC. The van der Waals surface area contributed by atoms with Crippen LogP contribution in [0.5, 0.6) is 11.5 Å². The number of hydrogen-bond donors (Lipinski definition) is 2. The third-order valence-corrected chi connectivity index (χ3v) is 4.36. The molecule has 0 spiro atoms. The topological polar surface area (TPSA) is 67.8 Å². The minimum absolute atomic E-state index is 0.0643. The fraction of sp³-hybridized carbons (Fsp3) is 0.273. The van der Waals surface area contributed by atoms with Crippen LogP contribution in [0.1, 0.15) is 12.6 Å². The predicted molar refractivity (Wildman–Crippen MR) is 113 cm³/mol. The summed E-state index contributed by atoms with van der Waals surface area (Å²) < 4.78 is 11.3. The summed E-state index contributed by atoms with van der Waals surface area (Å²) in [6.07, 6.45) is 1.77. The van der Waals surface area contributed by atoms with Gasteiger partial charge in [-0.2, -0.15) is 0 Å². The molecule has 0 saturated heterocycles. The van der Waals surface area contributed by atoms with Crippen LogP contribution >= 0.6 is 0 Å². The summed E-state index contributed by atoms with van der Waals surface area (Å²) in [6, 6.07) is 17.9. The smallest absolute Gasteiger partial charge is 0.191 e. The highest BCUT2D eigenvalue weighted by Crippen LogP contribution is 2.26. The number of nitrogens with one attached hydrogen (secondary N) is 2. The van der Waals surface area contributed by atoms with Crippen molar-refractivity contribution in [3.63, 3.8) is 0 Å². The zero-order valence-electron chi connectivity index (χ0n) is 16.5. The van der Waals surface area contributed by atoms with Gasteiger partial charge in [0.2, 0.25) is 0 Å². The van der Waals surface area contributed by atoms with Gasteiger partial charge in [0.25, 0.3) is 0 Å². The van der Waals surface area contributed by atoms with E-state index < -0.39 is 0 Å². The van der Waals surface area contributed by atoms with Crippen molar-refractivity contribution in [1.29, 1.82) is 0 Å². The highest BCUT2D eigenvalue weighted by atomic mass is 16.5. The number of fused-ring (bicyclic) bond motifs is 1. The van der Waals surface area contributed by atoms with E-state index >= 15 is 0 Å². The van der Waals surface area contributed by atoms with Crippen LogP contribution in [0.4, 0.5) is 0 Å². The lowest BCUT2D eigenvalue weighted by Gasteiger charge is -2.19. The minimum atomic E-state index is -0.0643. The molecular formula is C22H26N4O2. The van der Waals surface area contributed by atoms with Crippen LogP contribution < -0.4 is 20.1 Å². The standard InChI is InChI=1S/C22H26N4O2/c1-16(28-21-11-7-6-10-20(21)27-3)14-25-22(23-2)26-15-19-18-9-5-4-8-17(18)12-13-24-19/h4-13,16H,14-15H2,1-3H3,(H2,23,25,26). The lowest BCUT2D eigenvalue weighted by Crippen LogP contribution is -2.41. The molecule has 0 fully saturated rings. The highest BCUT2D eigenvalue weighted by molar-refractivity contribution is 5.85. The molecule has 0 saturated carbocycles. The van der Waals surface area contributed by atoms with Crippen molar-refractivity contribution in [2.75, 3.05) is 20.7 Å². The Labute approximate surface area is 165 Å². The Morgan fingerprint density at radius 2 is 1.79 bits per heavy atom. The van der Waals surface area contributed by atoms with Gasteiger partial charge in [-0.25, -0.2) is 0 Å². The van der Waals surface area contributed by atoms with Gasteiger partial charge in [0.1, 0.15) is 6.10 Å². The molecule has 3 rings (SSSR count). The van der Waals surface area contributed by atoms with Gasteiger partial charge < -0.3 is 20.1 Å². The Hall–Kier alpha value is -3.28. The fourth-order valence-electron chi connectivity index (χ4n) is 2.93. The van der Waals surface area contributed by atoms with Crippen molar-refractivity contribution in [1.82, 2.24) is 15.6 Å². The van der Waals surface area contributed by atoms with Gasteiger partial charge in [-0.15, -0.1) is 0 Å². The van der Waals surface area contributed by atoms with Crippen LogP contribution in [0, 0.1) is 0 Å². The summed E-state index contributed by atoms with van der Waals surface area (Å²) in [5, 5.41) is 8.92. The first-order chi connectivity index (χ1) is 13.7. The van der Waals surface area contributed by atoms with E-state index in [9.17, 15) is 0 Å². The van der Waals surface area contributed by atoms with Gasteiger partial charge in [-0.3, -0.25) is 9.98 Å². The number of aliphatic imine (C=N–C) groups is 1. The van der Waals surface area contributed by atoms with Crippen LogP contribution in [0.15, 0.2) is 65.8 Å². The molecule has 1 atom stereocenters. The van der Waals surface area contributed by atoms with E-state index in [1.807, 2.05) is 55.6 Å². The van der Waals surface area contributed by atoms with E-state index in [1.165, 1.54) is 5.39 Å². The van der Waals surface area contributed by atoms with Crippen molar-refractivity contribution in [3.05, 3.63) is 66.5 Å². The summed E-state index contributed by atoms with van der Waals surface area (Å²) in [6.45, 7) is 3.18. The molecule has 28 heavy (non-hydrogen) atoms. The number of methoxy groups -OCH3 is 1. The number of hydrogen-bond acceptors (Lipinski definition) is 4. The molecule has 1 aromatic heterocycles. The number of ether oxygens (including phenoxy) is 2. The summed E-state index contributed by atoms with van der Waals surface area (Å²) in [5.74, 6) is 2.14. The maximum Gasteiger partial charge on any atom is 0.191 e. The number of nitrogens with zero attached hydrogens (tertiary/aromatic N) is 2. The molecule has 3 aromatic rings. The number of rotatable bonds is 7. The molecule has 2 N–H and O–H groups in total. The molecule has 1 heterocycles. The first kappa shape index (κ1) is 19.5.